The Kier molecular flexibility index (Phi) is 7.08. The van der Waals surface area contributed by atoms with Gasteiger partial charge in [0, 0.05) is 18.8 Å². The second-order valence-corrected chi connectivity index (χ2v) is 8.93. The van der Waals surface area contributed by atoms with Crippen LogP contribution in [0.2, 0.25) is 0 Å². The van der Waals surface area contributed by atoms with Crippen molar-refractivity contribution in [3.63, 3.8) is 0 Å². The predicted molar refractivity (Wildman–Crippen MR) is 123 cm³/mol. The minimum Gasteiger partial charge on any atom is -0.310 e. The van der Waals surface area contributed by atoms with Crippen molar-refractivity contribution in [1.29, 1.82) is 5.26 Å². The molecule has 0 saturated heterocycles. The Morgan fingerprint density at radius 3 is 2.80 bits per heavy atom. The molecular weight excluding hydrogens is 416 g/mol. The van der Waals surface area contributed by atoms with Crippen LogP contribution in [0.5, 0.6) is 0 Å². The molecule has 2 heterocycles. The van der Waals surface area contributed by atoms with Gasteiger partial charge in [-0.05, 0) is 37.4 Å². The Labute approximate surface area is 183 Å². The highest BCUT2D eigenvalue weighted by Gasteiger charge is 2.25. The van der Waals surface area contributed by atoms with E-state index in [1.165, 1.54) is 23.1 Å². The molecule has 0 radical (unpaired) electrons. The first-order valence-corrected chi connectivity index (χ1v) is 11.2. The van der Waals surface area contributed by atoms with E-state index in [4.69, 9.17) is 5.26 Å². The van der Waals surface area contributed by atoms with Gasteiger partial charge in [-0.2, -0.15) is 5.26 Å². The first kappa shape index (κ1) is 21.8. The average Bonchev–Trinajstić information content (AvgIpc) is 3.21. The fourth-order valence-electron chi connectivity index (χ4n) is 2.99. The molecule has 3 rings (SSSR count). The first-order valence-electron chi connectivity index (χ1n) is 9.47. The van der Waals surface area contributed by atoms with Gasteiger partial charge in [0.25, 0.3) is 5.56 Å². The molecular formula is C22H22N4O2S2. The summed E-state index contributed by atoms with van der Waals surface area (Å²) in [5.74, 6) is -0.134. The number of hydrogen-bond acceptors (Lipinski definition) is 6. The monoisotopic (exact) mass is 438 g/mol. The Balaban J connectivity index is 1.92. The Bertz CT molecular complexity index is 1160. The van der Waals surface area contributed by atoms with Crippen molar-refractivity contribution in [2.75, 3.05) is 11.4 Å². The molecule has 1 atom stereocenters. The van der Waals surface area contributed by atoms with E-state index in [9.17, 15) is 9.59 Å². The van der Waals surface area contributed by atoms with Crippen LogP contribution in [0.25, 0.3) is 10.2 Å². The number of carbonyl (C=O) groups excluding carboxylic acids is 1. The molecule has 3 aromatic rings. The zero-order valence-corrected chi connectivity index (χ0v) is 18.5. The summed E-state index contributed by atoms with van der Waals surface area (Å²) in [6, 6.07) is 11.5. The average molecular weight is 439 g/mol. The van der Waals surface area contributed by atoms with Crippen LogP contribution < -0.4 is 10.5 Å². The first-order chi connectivity index (χ1) is 14.5. The molecule has 1 unspecified atom stereocenters. The van der Waals surface area contributed by atoms with Gasteiger partial charge in [-0.25, -0.2) is 4.98 Å². The summed E-state index contributed by atoms with van der Waals surface area (Å²) in [5.41, 5.74) is 1.71. The number of amides is 1. The summed E-state index contributed by atoms with van der Waals surface area (Å²) in [7, 11) is 0. The third-order valence-electron chi connectivity index (χ3n) is 4.55. The number of aromatic nitrogens is 2. The normalized spacial score (nSPS) is 11.8. The summed E-state index contributed by atoms with van der Waals surface area (Å²) >= 11 is 2.65. The minimum absolute atomic E-state index is 0.134. The summed E-state index contributed by atoms with van der Waals surface area (Å²) in [6.07, 6.45) is 1.88. The lowest BCUT2D eigenvalue weighted by atomic mass is 10.2. The van der Waals surface area contributed by atoms with Crippen LogP contribution >= 0.6 is 23.1 Å². The highest BCUT2D eigenvalue weighted by atomic mass is 32.2. The highest BCUT2D eigenvalue weighted by molar-refractivity contribution is 8.00. The maximum absolute atomic E-state index is 13.3. The van der Waals surface area contributed by atoms with Crippen molar-refractivity contribution >= 4 is 44.9 Å². The molecule has 2 aromatic heterocycles. The number of rotatable bonds is 8. The summed E-state index contributed by atoms with van der Waals surface area (Å²) in [5, 5.41) is 11.4. The van der Waals surface area contributed by atoms with Crippen molar-refractivity contribution in [3.05, 3.63) is 64.3 Å². The van der Waals surface area contributed by atoms with E-state index >= 15 is 0 Å². The maximum atomic E-state index is 13.3. The molecule has 0 spiro atoms. The fraction of sp³-hybridized carbons (Fsp3) is 0.273. The van der Waals surface area contributed by atoms with Crippen molar-refractivity contribution in [1.82, 2.24) is 9.55 Å². The third kappa shape index (κ3) is 4.64. The summed E-state index contributed by atoms with van der Waals surface area (Å²) in [4.78, 5) is 33.0. The lowest BCUT2D eigenvalue weighted by Gasteiger charge is -2.25. The van der Waals surface area contributed by atoms with E-state index in [1.54, 1.807) is 28.5 Å². The van der Waals surface area contributed by atoms with Gasteiger partial charge in [0.1, 0.15) is 4.83 Å². The number of benzene rings is 1. The van der Waals surface area contributed by atoms with Crippen molar-refractivity contribution in [2.45, 2.75) is 37.2 Å². The quantitative estimate of drug-likeness (QED) is 0.296. The molecule has 0 saturated carbocycles. The number of nitriles is 1. The highest BCUT2D eigenvalue weighted by Crippen LogP contribution is 2.27. The molecule has 6 nitrogen and oxygen atoms in total. The second-order valence-electron chi connectivity index (χ2n) is 6.73. The standard InChI is InChI=1S/C22H22N4O2S2/c1-4-12-26-21(28)18-10-14-29-19(18)24-22(26)30-16(3)20(27)25(13-5-11-23)17-8-6-15(2)7-9-17/h4,6-10,14,16H,1,5,12-13H2,2-3H3. The van der Waals surface area contributed by atoms with Crippen LogP contribution in [0.3, 0.4) is 0 Å². The van der Waals surface area contributed by atoms with Crippen molar-refractivity contribution in [2.24, 2.45) is 0 Å². The van der Waals surface area contributed by atoms with Gasteiger partial charge >= 0.3 is 0 Å². The van der Waals surface area contributed by atoms with Crippen LogP contribution in [0, 0.1) is 18.3 Å². The van der Waals surface area contributed by atoms with Crippen LogP contribution in [-0.4, -0.2) is 27.3 Å². The number of allylic oxidation sites excluding steroid dienone is 1. The van der Waals surface area contributed by atoms with E-state index in [0.717, 1.165) is 11.3 Å². The van der Waals surface area contributed by atoms with Crippen LogP contribution in [0.1, 0.15) is 18.9 Å². The number of fused-ring (bicyclic) bond motifs is 1. The fourth-order valence-corrected chi connectivity index (χ4v) is 4.78. The number of nitrogens with zero attached hydrogens (tertiary/aromatic N) is 4. The molecule has 0 aliphatic carbocycles. The number of hydrogen-bond donors (Lipinski definition) is 0. The molecule has 0 aliphatic heterocycles. The zero-order valence-electron chi connectivity index (χ0n) is 16.9. The smallest absolute Gasteiger partial charge is 0.263 e. The number of thioether (sulfide) groups is 1. The van der Waals surface area contributed by atoms with Gasteiger partial charge in [-0.3, -0.25) is 14.2 Å². The molecule has 1 amide bonds. The molecule has 30 heavy (non-hydrogen) atoms. The summed E-state index contributed by atoms with van der Waals surface area (Å²) < 4.78 is 1.54. The maximum Gasteiger partial charge on any atom is 0.263 e. The predicted octanol–water partition coefficient (Wildman–Crippen LogP) is 4.38. The number of aryl methyl sites for hydroxylation is 1. The minimum atomic E-state index is -0.495. The van der Waals surface area contributed by atoms with Gasteiger partial charge in [0.2, 0.25) is 5.91 Å². The molecule has 0 N–H and O–H groups in total. The van der Waals surface area contributed by atoms with Crippen molar-refractivity contribution in [3.8, 4) is 6.07 Å². The van der Waals surface area contributed by atoms with E-state index in [2.05, 4.69) is 17.6 Å². The topological polar surface area (TPSA) is 79.0 Å². The van der Waals surface area contributed by atoms with Crippen LogP contribution in [-0.2, 0) is 11.3 Å². The molecule has 154 valence electrons. The Morgan fingerprint density at radius 1 is 1.40 bits per heavy atom. The van der Waals surface area contributed by atoms with Gasteiger partial charge in [0.05, 0.1) is 23.1 Å². The molecule has 0 aliphatic rings. The van der Waals surface area contributed by atoms with Crippen molar-refractivity contribution < 1.29 is 4.79 Å². The SMILES string of the molecule is C=CCn1c(SC(C)C(=O)N(CCC#N)c2ccc(C)cc2)nc2sccc2c1=O. The van der Waals surface area contributed by atoms with Crippen LogP contribution in [0.4, 0.5) is 5.69 Å². The number of carbonyl (C=O) groups is 1. The van der Waals surface area contributed by atoms with Gasteiger partial charge in [-0.15, -0.1) is 17.9 Å². The van der Waals surface area contributed by atoms with E-state index in [1.807, 2.05) is 36.6 Å². The lowest BCUT2D eigenvalue weighted by Crippen LogP contribution is -2.37. The lowest BCUT2D eigenvalue weighted by molar-refractivity contribution is -0.117. The summed E-state index contributed by atoms with van der Waals surface area (Å²) in [6.45, 7) is 8.13. The molecule has 8 heteroatoms. The van der Waals surface area contributed by atoms with Gasteiger partial charge in [-0.1, -0.05) is 35.5 Å². The van der Waals surface area contributed by atoms with Gasteiger partial charge in [0.15, 0.2) is 5.16 Å². The third-order valence-corrected chi connectivity index (χ3v) is 6.43. The molecule has 0 bridgehead atoms. The molecule has 1 aromatic carbocycles. The Hall–Kier alpha value is -2.89. The van der Waals surface area contributed by atoms with E-state index < -0.39 is 5.25 Å². The Morgan fingerprint density at radius 2 is 2.13 bits per heavy atom. The van der Waals surface area contributed by atoms with Gasteiger partial charge < -0.3 is 4.90 Å². The number of anilines is 1. The second kappa shape index (κ2) is 9.74. The largest absolute Gasteiger partial charge is 0.310 e. The number of thiophene rings is 1. The van der Waals surface area contributed by atoms with Crippen LogP contribution in [0.15, 0.2) is 58.3 Å². The molecule has 0 fully saturated rings. The zero-order chi connectivity index (χ0) is 21.7. The van der Waals surface area contributed by atoms with E-state index in [0.29, 0.717) is 28.5 Å². The van der Waals surface area contributed by atoms with E-state index in [-0.39, 0.29) is 17.9 Å².